The Kier molecular flexibility index (Phi) is 4.53. The Hall–Kier alpha value is -1.66. The fraction of sp³-hybridized carbons (Fsp3) is 0.556. The lowest BCUT2D eigenvalue weighted by molar-refractivity contribution is -0.0271. The molecule has 24 heavy (non-hydrogen) atoms. The van der Waals surface area contributed by atoms with Crippen LogP contribution in [0.1, 0.15) is 45.7 Å². The number of piperidine rings is 1. The number of aliphatic hydroxyl groups excluding tert-OH is 1. The molecule has 3 rings (SSSR count). The van der Waals surface area contributed by atoms with Crippen molar-refractivity contribution in [2.24, 2.45) is 5.92 Å². The summed E-state index contributed by atoms with van der Waals surface area (Å²) >= 11 is 1.59. The van der Waals surface area contributed by atoms with Crippen molar-refractivity contribution in [2.75, 3.05) is 6.54 Å². The van der Waals surface area contributed by atoms with Crippen LogP contribution in [0.25, 0.3) is 10.2 Å². The van der Waals surface area contributed by atoms with Gasteiger partial charge in [0.15, 0.2) is 0 Å². The molecule has 130 valence electrons. The van der Waals surface area contributed by atoms with E-state index in [9.17, 15) is 9.90 Å². The van der Waals surface area contributed by atoms with E-state index in [1.54, 1.807) is 16.2 Å². The molecule has 0 saturated carbocycles. The Morgan fingerprint density at radius 3 is 2.88 bits per heavy atom. The van der Waals surface area contributed by atoms with Crippen molar-refractivity contribution >= 4 is 27.6 Å². The minimum Gasteiger partial charge on any atom is -0.444 e. The van der Waals surface area contributed by atoms with E-state index in [-0.39, 0.29) is 18.1 Å². The number of aliphatic hydroxyl groups is 1. The zero-order chi connectivity index (χ0) is 17.5. The van der Waals surface area contributed by atoms with Crippen LogP contribution in [0.15, 0.2) is 23.7 Å². The number of ether oxygens (including phenoxy) is 1. The van der Waals surface area contributed by atoms with Gasteiger partial charge >= 0.3 is 6.09 Å². The summed E-state index contributed by atoms with van der Waals surface area (Å²) < 4.78 is 6.69. The standard InChI is InChI=1S/C18H24N2O3S/c1-11-9-20(17(22)23-18(2,3)4)14(8-15(11)21)12-5-6-16-13(7-12)19-10-24-16/h5-7,10-11,14-15,21H,8-9H2,1-4H3. The molecule has 1 N–H and O–H groups in total. The SMILES string of the molecule is CC1CN(C(=O)OC(C)(C)C)C(c2ccc3scnc3c2)CC1O. The quantitative estimate of drug-likeness (QED) is 0.847. The van der Waals surface area contributed by atoms with Gasteiger partial charge in [0.1, 0.15) is 5.60 Å². The smallest absolute Gasteiger partial charge is 0.410 e. The van der Waals surface area contributed by atoms with Crippen LogP contribution >= 0.6 is 11.3 Å². The molecule has 5 nitrogen and oxygen atoms in total. The van der Waals surface area contributed by atoms with Crippen LogP contribution in [0.2, 0.25) is 0 Å². The van der Waals surface area contributed by atoms with Crippen LogP contribution in [0.4, 0.5) is 4.79 Å². The fourth-order valence-corrected chi connectivity index (χ4v) is 3.73. The topological polar surface area (TPSA) is 62.7 Å². The predicted molar refractivity (Wildman–Crippen MR) is 95.1 cm³/mol. The summed E-state index contributed by atoms with van der Waals surface area (Å²) in [5, 5.41) is 10.3. The molecule has 2 aromatic rings. The number of aromatic nitrogens is 1. The summed E-state index contributed by atoms with van der Waals surface area (Å²) in [4.78, 5) is 18.8. The highest BCUT2D eigenvalue weighted by molar-refractivity contribution is 7.16. The van der Waals surface area contributed by atoms with Crippen LogP contribution in [0, 0.1) is 5.92 Å². The molecule has 1 saturated heterocycles. The normalized spacial score (nSPS) is 25.0. The first-order valence-corrected chi connectivity index (χ1v) is 9.13. The molecule has 3 atom stereocenters. The molecule has 1 aliphatic rings. The van der Waals surface area contributed by atoms with E-state index in [0.717, 1.165) is 15.8 Å². The van der Waals surface area contributed by atoms with Gasteiger partial charge < -0.3 is 14.7 Å². The minimum atomic E-state index is -0.542. The van der Waals surface area contributed by atoms with Crippen molar-refractivity contribution in [3.63, 3.8) is 0 Å². The lowest BCUT2D eigenvalue weighted by Crippen LogP contribution is -2.48. The van der Waals surface area contributed by atoms with Gasteiger partial charge in [0.2, 0.25) is 0 Å². The zero-order valence-corrected chi connectivity index (χ0v) is 15.3. The van der Waals surface area contributed by atoms with Gasteiger partial charge in [-0.15, -0.1) is 11.3 Å². The van der Waals surface area contributed by atoms with Crippen LogP contribution in [0.5, 0.6) is 0 Å². The second-order valence-electron chi connectivity index (χ2n) is 7.51. The van der Waals surface area contributed by atoms with Crippen molar-refractivity contribution in [2.45, 2.75) is 51.9 Å². The largest absolute Gasteiger partial charge is 0.444 e. The number of amides is 1. The molecule has 2 heterocycles. The average molecular weight is 348 g/mol. The molecule has 3 unspecified atom stereocenters. The van der Waals surface area contributed by atoms with Gasteiger partial charge in [-0.25, -0.2) is 9.78 Å². The Morgan fingerprint density at radius 1 is 1.42 bits per heavy atom. The first-order valence-electron chi connectivity index (χ1n) is 8.25. The second-order valence-corrected chi connectivity index (χ2v) is 8.39. The number of hydrogen-bond donors (Lipinski definition) is 1. The number of carbonyl (C=O) groups is 1. The lowest BCUT2D eigenvalue weighted by atomic mass is 9.88. The summed E-state index contributed by atoms with van der Waals surface area (Å²) in [6.45, 7) is 8.04. The molecule has 1 aromatic carbocycles. The highest BCUT2D eigenvalue weighted by Crippen LogP contribution is 2.36. The predicted octanol–water partition coefficient (Wildman–Crippen LogP) is 3.98. The van der Waals surface area contributed by atoms with E-state index in [0.29, 0.717) is 13.0 Å². The highest BCUT2D eigenvalue weighted by Gasteiger charge is 2.38. The monoisotopic (exact) mass is 348 g/mol. The van der Waals surface area contributed by atoms with Gasteiger partial charge in [0.05, 0.1) is 27.9 Å². The van der Waals surface area contributed by atoms with E-state index >= 15 is 0 Å². The first-order chi connectivity index (χ1) is 11.2. The summed E-state index contributed by atoms with van der Waals surface area (Å²) in [6.07, 6.45) is -0.250. The summed E-state index contributed by atoms with van der Waals surface area (Å²) in [5.74, 6) is 0.0248. The number of fused-ring (bicyclic) bond motifs is 1. The molecule has 6 heteroatoms. The Balaban J connectivity index is 1.92. The Labute approximate surface area is 146 Å². The molecule has 0 spiro atoms. The maximum atomic E-state index is 12.7. The molecular weight excluding hydrogens is 324 g/mol. The number of rotatable bonds is 1. The van der Waals surface area contributed by atoms with Crippen molar-refractivity contribution in [1.82, 2.24) is 9.88 Å². The molecule has 1 aliphatic heterocycles. The fourth-order valence-electron chi connectivity index (χ4n) is 3.07. The maximum Gasteiger partial charge on any atom is 0.410 e. The van der Waals surface area contributed by atoms with Crippen LogP contribution in [-0.4, -0.2) is 39.3 Å². The van der Waals surface area contributed by atoms with Crippen LogP contribution in [-0.2, 0) is 4.74 Å². The van der Waals surface area contributed by atoms with Crippen LogP contribution < -0.4 is 0 Å². The zero-order valence-electron chi connectivity index (χ0n) is 14.5. The average Bonchev–Trinajstić information content (AvgIpc) is 2.95. The molecule has 1 fully saturated rings. The summed E-state index contributed by atoms with van der Waals surface area (Å²) in [6, 6.07) is 5.86. The molecule has 0 bridgehead atoms. The summed E-state index contributed by atoms with van der Waals surface area (Å²) in [5.41, 5.74) is 3.19. The van der Waals surface area contributed by atoms with E-state index < -0.39 is 11.7 Å². The van der Waals surface area contributed by atoms with Crippen molar-refractivity contribution in [3.05, 3.63) is 29.3 Å². The Bertz CT molecular complexity index is 737. The Morgan fingerprint density at radius 2 is 2.17 bits per heavy atom. The second kappa shape index (κ2) is 6.33. The van der Waals surface area contributed by atoms with Gasteiger partial charge in [-0.2, -0.15) is 0 Å². The molecule has 0 radical (unpaired) electrons. The van der Waals surface area contributed by atoms with Crippen molar-refractivity contribution < 1.29 is 14.6 Å². The molecule has 1 aromatic heterocycles. The van der Waals surface area contributed by atoms with Gasteiger partial charge in [-0.3, -0.25) is 0 Å². The maximum absolute atomic E-state index is 12.7. The molecule has 0 aliphatic carbocycles. The third-order valence-electron chi connectivity index (χ3n) is 4.35. The lowest BCUT2D eigenvalue weighted by Gasteiger charge is -2.41. The van der Waals surface area contributed by atoms with Gasteiger partial charge in [0, 0.05) is 6.54 Å². The molecular formula is C18H24N2O3S. The minimum absolute atomic E-state index is 0.0248. The van der Waals surface area contributed by atoms with Crippen molar-refractivity contribution in [3.8, 4) is 0 Å². The summed E-state index contributed by atoms with van der Waals surface area (Å²) in [7, 11) is 0. The van der Waals surface area contributed by atoms with Crippen LogP contribution in [0.3, 0.4) is 0 Å². The number of carbonyl (C=O) groups excluding carboxylic acids is 1. The van der Waals surface area contributed by atoms with E-state index in [1.165, 1.54) is 0 Å². The van der Waals surface area contributed by atoms with E-state index in [4.69, 9.17) is 4.74 Å². The first kappa shape index (κ1) is 17.2. The van der Waals surface area contributed by atoms with Gasteiger partial charge in [-0.1, -0.05) is 13.0 Å². The van der Waals surface area contributed by atoms with Gasteiger partial charge in [0.25, 0.3) is 0 Å². The third kappa shape index (κ3) is 3.54. The number of benzene rings is 1. The van der Waals surface area contributed by atoms with Gasteiger partial charge in [-0.05, 0) is 50.8 Å². The van der Waals surface area contributed by atoms with E-state index in [2.05, 4.69) is 4.98 Å². The third-order valence-corrected chi connectivity index (χ3v) is 5.16. The van der Waals surface area contributed by atoms with Crippen molar-refractivity contribution in [1.29, 1.82) is 0 Å². The molecule has 1 amide bonds. The number of hydrogen-bond acceptors (Lipinski definition) is 5. The number of thiazole rings is 1. The van der Waals surface area contributed by atoms with E-state index in [1.807, 2.05) is 51.4 Å². The highest BCUT2D eigenvalue weighted by atomic mass is 32.1. The number of likely N-dealkylation sites (tertiary alicyclic amines) is 1. The number of nitrogens with zero attached hydrogens (tertiary/aromatic N) is 2.